The maximum absolute atomic E-state index is 12.0. The van der Waals surface area contributed by atoms with E-state index >= 15 is 0 Å². The van der Waals surface area contributed by atoms with Crippen LogP contribution < -0.4 is 15.8 Å². The Labute approximate surface area is 121 Å². The molecular formula is C14H16N2O3S. The minimum atomic E-state index is -0.718. The van der Waals surface area contributed by atoms with Crippen molar-refractivity contribution in [2.75, 3.05) is 19.4 Å². The molecule has 0 radical (unpaired) electrons. The summed E-state index contributed by atoms with van der Waals surface area (Å²) >= 11 is 1.50. The first-order chi connectivity index (χ1) is 9.61. The van der Waals surface area contributed by atoms with Gasteiger partial charge in [-0.3, -0.25) is 4.79 Å². The van der Waals surface area contributed by atoms with Crippen molar-refractivity contribution < 1.29 is 14.6 Å². The number of benzene rings is 1. The third kappa shape index (κ3) is 3.28. The number of thiophene rings is 1. The summed E-state index contributed by atoms with van der Waals surface area (Å²) in [6, 6.07) is 6.68. The maximum atomic E-state index is 12.0. The van der Waals surface area contributed by atoms with Crippen LogP contribution in [0.1, 0.15) is 22.0 Å². The third-order valence-corrected chi connectivity index (χ3v) is 3.59. The van der Waals surface area contributed by atoms with Gasteiger partial charge in [-0.2, -0.15) is 11.3 Å². The third-order valence-electron chi connectivity index (χ3n) is 2.89. The second kappa shape index (κ2) is 6.40. The number of carbonyl (C=O) groups is 1. The van der Waals surface area contributed by atoms with Crippen LogP contribution in [0, 0.1) is 0 Å². The molecule has 0 bridgehead atoms. The molecule has 5 nitrogen and oxygen atoms in total. The van der Waals surface area contributed by atoms with E-state index in [4.69, 9.17) is 10.5 Å². The summed E-state index contributed by atoms with van der Waals surface area (Å²) in [5, 5.41) is 16.3. The average molecular weight is 292 g/mol. The molecule has 1 aromatic heterocycles. The molecular weight excluding hydrogens is 276 g/mol. The largest absolute Gasteiger partial charge is 0.497 e. The van der Waals surface area contributed by atoms with Gasteiger partial charge in [0.25, 0.3) is 5.91 Å². The number of hydrogen-bond acceptors (Lipinski definition) is 5. The zero-order valence-electron chi connectivity index (χ0n) is 11.0. The van der Waals surface area contributed by atoms with E-state index in [1.165, 1.54) is 18.4 Å². The molecule has 0 aliphatic heterocycles. The van der Waals surface area contributed by atoms with E-state index in [1.807, 2.05) is 16.8 Å². The van der Waals surface area contributed by atoms with Gasteiger partial charge < -0.3 is 20.9 Å². The second-order valence-corrected chi connectivity index (χ2v) is 5.02. The smallest absolute Gasteiger partial charge is 0.253 e. The Morgan fingerprint density at radius 1 is 1.50 bits per heavy atom. The average Bonchev–Trinajstić information content (AvgIpc) is 2.98. The highest BCUT2D eigenvalue weighted by molar-refractivity contribution is 7.07. The standard InChI is InChI=1S/C14H16N2O3S/c1-19-10-2-3-11(12(15)6-10)14(18)16-7-13(17)9-4-5-20-8-9/h2-6,8,13,17H,7,15H2,1H3,(H,16,18). The summed E-state index contributed by atoms with van der Waals surface area (Å²) in [4.78, 5) is 12.0. The minimum Gasteiger partial charge on any atom is -0.497 e. The number of nitrogens with one attached hydrogen (secondary N) is 1. The van der Waals surface area contributed by atoms with E-state index in [0.29, 0.717) is 17.0 Å². The first kappa shape index (κ1) is 14.4. The Morgan fingerprint density at radius 3 is 2.90 bits per heavy atom. The summed E-state index contributed by atoms with van der Waals surface area (Å²) < 4.78 is 5.03. The molecule has 1 amide bonds. The van der Waals surface area contributed by atoms with Gasteiger partial charge in [-0.1, -0.05) is 0 Å². The number of hydrogen-bond donors (Lipinski definition) is 3. The van der Waals surface area contributed by atoms with Crippen LogP contribution in [-0.2, 0) is 0 Å². The number of ether oxygens (including phenoxy) is 1. The number of nitrogens with two attached hydrogens (primary N) is 1. The van der Waals surface area contributed by atoms with Crippen LogP contribution in [-0.4, -0.2) is 24.7 Å². The van der Waals surface area contributed by atoms with Gasteiger partial charge in [0.2, 0.25) is 0 Å². The van der Waals surface area contributed by atoms with Crippen LogP contribution in [0.2, 0.25) is 0 Å². The normalized spacial score (nSPS) is 11.9. The lowest BCUT2D eigenvalue weighted by Crippen LogP contribution is -2.28. The van der Waals surface area contributed by atoms with E-state index in [-0.39, 0.29) is 12.5 Å². The summed E-state index contributed by atoms with van der Waals surface area (Å²) in [5.74, 6) is 0.275. The highest BCUT2D eigenvalue weighted by atomic mass is 32.1. The number of methoxy groups -OCH3 is 1. The van der Waals surface area contributed by atoms with E-state index < -0.39 is 6.10 Å². The molecule has 1 atom stereocenters. The van der Waals surface area contributed by atoms with Crippen LogP contribution >= 0.6 is 11.3 Å². The molecule has 0 aliphatic carbocycles. The first-order valence-electron chi connectivity index (χ1n) is 6.03. The van der Waals surface area contributed by atoms with Crippen LogP contribution in [0.15, 0.2) is 35.0 Å². The Bertz CT molecular complexity index is 584. The van der Waals surface area contributed by atoms with Crippen LogP contribution in [0.4, 0.5) is 5.69 Å². The molecule has 0 saturated heterocycles. The lowest BCUT2D eigenvalue weighted by molar-refractivity contribution is 0.0917. The predicted molar refractivity (Wildman–Crippen MR) is 79.0 cm³/mol. The van der Waals surface area contributed by atoms with Crippen molar-refractivity contribution in [1.82, 2.24) is 5.32 Å². The Kier molecular flexibility index (Phi) is 4.60. The Hall–Kier alpha value is -2.05. The number of nitrogen functional groups attached to an aromatic ring is 1. The van der Waals surface area contributed by atoms with Crippen molar-refractivity contribution in [3.63, 3.8) is 0 Å². The molecule has 0 fully saturated rings. The molecule has 2 aromatic rings. The van der Waals surface area contributed by atoms with Crippen molar-refractivity contribution >= 4 is 22.9 Å². The fourth-order valence-corrected chi connectivity index (χ4v) is 2.45. The molecule has 106 valence electrons. The zero-order chi connectivity index (χ0) is 14.5. The molecule has 1 aromatic carbocycles. The van der Waals surface area contributed by atoms with Crippen LogP contribution in [0.25, 0.3) is 0 Å². The SMILES string of the molecule is COc1ccc(C(=O)NCC(O)c2ccsc2)c(N)c1. The summed E-state index contributed by atoms with van der Waals surface area (Å²) in [6.45, 7) is 0.140. The number of rotatable bonds is 5. The lowest BCUT2D eigenvalue weighted by Gasteiger charge is -2.12. The zero-order valence-corrected chi connectivity index (χ0v) is 11.8. The molecule has 20 heavy (non-hydrogen) atoms. The Morgan fingerprint density at radius 2 is 2.30 bits per heavy atom. The first-order valence-corrected chi connectivity index (χ1v) is 6.98. The van der Waals surface area contributed by atoms with Gasteiger partial charge in [0.15, 0.2) is 0 Å². The van der Waals surface area contributed by atoms with E-state index in [9.17, 15) is 9.90 Å². The highest BCUT2D eigenvalue weighted by Gasteiger charge is 2.13. The molecule has 0 spiro atoms. The van der Waals surface area contributed by atoms with Gasteiger partial charge in [0, 0.05) is 18.3 Å². The summed E-state index contributed by atoms with van der Waals surface area (Å²) in [5.41, 5.74) is 7.29. The number of aliphatic hydroxyl groups excluding tert-OH is 1. The van der Waals surface area contributed by atoms with Crippen molar-refractivity contribution in [2.45, 2.75) is 6.10 Å². The number of anilines is 1. The number of amides is 1. The van der Waals surface area contributed by atoms with Crippen LogP contribution in [0.3, 0.4) is 0 Å². The second-order valence-electron chi connectivity index (χ2n) is 4.24. The van der Waals surface area contributed by atoms with E-state index in [2.05, 4.69) is 5.32 Å². The molecule has 0 saturated carbocycles. The fourth-order valence-electron chi connectivity index (χ4n) is 1.74. The monoisotopic (exact) mass is 292 g/mol. The number of carbonyl (C=O) groups excluding carboxylic acids is 1. The van der Waals surface area contributed by atoms with Gasteiger partial charge in [-0.25, -0.2) is 0 Å². The van der Waals surface area contributed by atoms with Crippen LogP contribution in [0.5, 0.6) is 5.75 Å². The van der Waals surface area contributed by atoms with E-state index in [0.717, 1.165) is 5.56 Å². The number of aliphatic hydroxyl groups is 1. The van der Waals surface area contributed by atoms with Crippen molar-refractivity contribution in [1.29, 1.82) is 0 Å². The highest BCUT2D eigenvalue weighted by Crippen LogP contribution is 2.20. The fraction of sp³-hybridized carbons (Fsp3) is 0.214. The van der Waals surface area contributed by atoms with Gasteiger partial charge in [0.1, 0.15) is 5.75 Å². The minimum absolute atomic E-state index is 0.140. The van der Waals surface area contributed by atoms with Gasteiger partial charge in [0.05, 0.1) is 18.8 Å². The topological polar surface area (TPSA) is 84.6 Å². The molecule has 2 rings (SSSR count). The van der Waals surface area contributed by atoms with E-state index in [1.54, 1.807) is 18.2 Å². The van der Waals surface area contributed by atoms with Gasteiger partial charge in [-0.05, 0) is 34.5 Å². The molecule has 0 aliphatic rings. The van der Waals surface area contributed by atoms with Gasteiger partial charge >= 0.3 is 0 Å². The quantitative estimate of drug-likeness (QED) is 0.734. The molecule has 1 heterocycles. The van der Waals surface area contributed by atoms with Crippen molar-refractivity contribution in [3.05, 3.63) is 46.2 Å². The summed E-state index contributed by atoms with van der Waals surface area (Å²) in [6.07, 6.45) is -0.718. The van der Waals surface area contributed by atoms with Gasteiger partial charge in [-0.15, -0.1) is 0 Å². The van der Waals surface area contributed by atoms with Crippen molar-refractivity contribution in [2.24, 2.45) is 0 Å². The Balaban J connectivity index is 1.98. The van der Waals surface area contributed by atoms with Crippen molar-refractivity contribution in [3.8, 4) is 5.75 Å². The predicted octanol–water partition coefficient (Wildman–Crippen LogP) is 1.80. The molecule has 1 unspecified atom stereocenters. The molecule has 4 N–H and O–H groups in total. The maximum Gasteiger partial charge on any atom is 0.253 e. The lowest BCUT2D eigenvalue weighted by atomic mass is 10.1. The molecule has 6 heteroatoms. The summed E-state index contributed by atoms with van der Waals surface area (Å²) in [7, 11) is 1.53.